The fourth-order valence-corrected chi connectivity index (χ4v) is 3.61. The maximum absolute atomic E-state index is 11.6. The summed E-state index contributed by atoms with van der Waals surface area (Å²) in [6.45, 7) is 2.69. The summed E-state index contributed by atoms with van der Waals surface area (Å²) in [6.07, 6.45) is 4.08. The van der Waals surface area contributed by atoms with Gasteiger partial charge in [0.1, 0.15) is 5.75 Å². The zero-order valence-electron chi connectivity index (χ0n) is 14.4. The van der Waals surface area contributed by atoms with Gasteiger partial charge in [0.15, 0.2) is 0 Å². The van der Waals surface area contributed by atoms with Crippen LogP contribution in [-0.2, 0) is 24.1 Å². The highest BCUT2D eigenvalue weighted by molar-refractivity contribution is 8.15. The maximum Gasteiger partial charge on any atom is 0.286 e. The van der Waals surface area contributed by atoms with Crippen molar-refractivity contribution in [1.29, 1.82) is 0 Å². The monoisotopic (exact) mass is 392 g/mol. The Balaban J connectivity index is 0.00000243. The molecule has 0 saturated carbocycles. The summed E-state index contributed by atoms with van der Waals surface area (Å²) in [4.78, 5) is 27.2. The Labute approximate surface area is 163 Å². The average Bonchev–Trinajstić information content (AvgIpc) is 2.94. The van der Waals surface area contributed by atoms with Crippen LogP contribution in [0.3, 0.4) is 0 Å². The smallest absolute Gasteiger partial charge is 0.286 e. The third kappa shape index (κ3) is 5.22. The molecule has 2 aromatic rings. The lowest BCUT2D eigenvalue weighted by Crippen LogP contribution is -2.25. The second kappa shape index (κ2) is 9.59. The Kier molecular flexibility index (Phi) is 7.48. The van der Waals surface area contributed by atoms with Crippen LogP contribution >= 0.6 is 24.2 Å². The van der Waals surface area contributed by atoms with Crippen LogP contribution in [0, 0.1) is 0 Å². The van der Waals surface area contributed by atoms with E-state index in [0.29, 0.717) is 13.0 Å². The number of carbonyl (C=O) groups is 2. The number of aromatic nitrogens is 1. The fourth-order valence-electron chi connectivity index (χ4n) is 2.75. The molecule has 1 saturated heterocycles. The van der Waals surface area contributed by atoms with Gasteiger partial charge < -0.3 is 4.74 Å². The Morgan fingerprint density at radius 3 is 2.62 bits per heavy atom. The molecule has 0 radical (unpaired) electrons. The Bertz CT molecular complexity index is 768. The molecule has 2 amide bonds. The van der Waals surface area contributed by atoms with Crippen LogP contribution in [0.25, 0.3) is 0 Å². The van der Waals surface area contributed by atoms with Gasteiger partial charge in [0.05, 0.1) is 11.9 Å². The molecular formula is C19H21ClN2O3S. The molecule has 1 unspecified atom stereocenters. The molecule has 1 aromatic carbocycles. The predicted octanol–water partition coefficient (Wildman–Crippen LogP) is 3.58. The molecule has 0 aliphatic carbocycles. The molecule has 0 spiro atoms. The number of halogens is 1. The molecule has 1 atom stereocenters. The maximum atomic E-state index is 11.6. The molecule has 1 N–H and O–H groups in total. The van der Waals surface area contributed by atoms with Gasteiger partial charge in [-0.15, -0.1) is 12.4 Å². The standard InChI is InChI=1S/C19H20N2O3S.ClH/c1-2-14-4-3-10-20-16(14)9-11-24-15-7-5-13(6-8-15)12-17-18(22)21-19(23)25-17;/h3-8,10,17H,2,9,11-12H2,1H3,(H,21,22,23);1H. The minimum atomic E-state index is -0.337. The third-order valence-electron chi connectivity index (χ3n) is 4.08. The first kappa shape index (κ1) is 20.3. The second-order valence-corrected chi connectivity index (χ2v) is 6.97. The molecule has 2 heterocycles. The van der Waals surface area contributed by atoms with Crippen molar-refractivity contribution in [2.45, 2.75) is 31.4 Å². The van der Waals surface area contributed by atoms with Crippen molar-refractivity contribution in [3.05, 3.63) is 59.4 Å². The van der Waals surface area contributed by atoms with Gasteiger partial charge in [0.2, 0.25) is 5.91 Å². The number of hydrogen-bond donors (Lipinski definition) is 1. The van der Waals surface area contributed by atoms with Gasteiger partial charge in [0.25, 0.3) is 5.24 Å². The molecule has 5 nitrogen and oxygen atoms in total. The first-order valence-electron chi connectivity index (χ1n) is 8.31. The number of thioether (sulfide) groups is 1. The lowest BCUT2D eigenvalue weighted by Gasteiger charge is -2.10. The van der Waals surface area contributed by atoms with Crippen LogP contribution in [0.5, 0.6) is 5.75 Å². The van der Waals surface area contributed by atoms with E-state index < -0.39 is 0 Å². The predicted molar refractivity (Wildman–Crippen MR) is 105 cm³/mol. The van der Waals surface area contributed by atoms with Gasteiger partial charge in [0, 0.05) is 18.3 Å². The van der Waals surface area contributed by atoms with Crippen molar-refractivity contribution in [1.82, 2.24) is 10.3 Å². The van der Waals surface area contributed by atoms with Crippen LogP contribution < -0.4 is 10.1 Å². The normalized spacial score (nSPS) is 16.1. The summed E-state index contributed by atoms with van der Waals surface area (Å²) in [5.74, 6) is 0.578. The van der Waals surface area contributed by atoms with Crippen molar-refractivity contribution < 1.29 is 14.3 Å². The summed E-state index contributed by atoms with van der Waals surface area (Å²) in [6, 6.07) is 11.7. The van der Waals surface area contributed by atoms with Crippen molar-refractivity contribution in [2.24, 2.45) is 0 Å². The van der Waals surface area contributed by atoms with Gasteiger partial charge in [-0.25, -0.2) is 0 Å². The van der Waals surface area contributed by atoms with Crippen molar-refractivity contribution in [3.63, 3.8) is 0 Å². The Hall–Kier alpha value is -2.05. The Morgan fingerprint density at radius 2 is 1.96 bits per heavy atom. The number of amides is 2. The first-order valence-corrected chi connectivity index (χ1v) is 9.19. The zero-order valence-corrected chi connectivity index (χ0v) is 16.1. The molecule has 3 rings (SSSR count). The minimum Gasteiger partial charge on any atom is -0.493 e. The molecule has 1 aliphatic rings. The molecule has 1 fully saturated rings. The molecule has 138 valence electrons. The van der Waals surface area contributed by atoms with Crippen molar-refractivity contribution >= 4 is 35.3 Å². The van der Waals surface area contributed by atoms with E-state index in [2.05, 4.69) is 23.3 Å². The number of benzene rings is 1. The van der Waals surface area contributed by atoms with Crippen LogP contribution in [0.1, 0.15) is 23.7 Å². The average molecular weight is 393 g/mol. The van der Waals surface area contributed by atoms with E-state index in [1.54, 1.807) is 0 Å². The van der Waals surface area contributed by atoms with E-state index in [1.807, 2.05) is 36.5 Å². The number of rotatable bonds is 7. The van der Waals surface area contributed by atoms with Gasteiger partial charge in [-0.2, -0.15) is 0 Å². The topological polar surface area (TPSA) is 68.3 Å². The van der Waals surface area contributed by atoms with Crippen molar-refractivity contribution in [3.8, 4) is 5.75 Å². The summed E-state index contributed by atoms with van der Waals surface area (Å²) < 4.78 is 5.79. The number of nitrogens with zero attached hydrogens (tertiary/aromatic N) is 1. The number of carbonyl (C=O) groups excluding carboxylic acids is 2. The number of pyridine rings is 1. The van der Waals surface area contributed by atoms with Crippen LogP contribution in [0.4, 0.5) is 4.79 Å². The summed E-state index contributed by atoms with van der Waals surface area (Å²) in [5, 5.41) is 1.70. The number of nitrogens with one attached hydrogen (secondary N) is 1. The Morgan fingerprint density at radius 1 is 1.19 bits per heavy atom. The largest absolute Gasteiger partial charge is 0.493 e. The number of ether oxygens (including phenoxy) is 1. The SMILES string of the molecule is CCc1cccnc1CCOc1ccc(CC2SC(=O)NC2=O)cc1.Cl. The number of aryl methyl sites for hydroxylation is 1. The van der Waals surface area contributed by atoms with E-state index in [-0.39, 0.29) is 28.8 Å². The number of hydrogen-bond acceptors (Lipinski definition) is 5. The molecule has 1 aromatic heterocycles. The van der Waals surface area contributed by atoms with E-state index in [4.69, 9.17) is 4.74 Å². The second-order valence-electron chi connectivity index (χ2n) is 5.79. The highest BCUT2D eigenvalue weighted by atomic mass is 35.5. The van der Waals surface area contributed by atoms with E-state index in [1.165, 1.54) is 5.56 Å². The molecule has 7 heteroatoms. The minimum absolute atomic E-state index is 0. The summed E-state index contributed by atoms with van der Waals surface area (Å²) in [7, 11) is 0. The van der Waals surface area contributed by atoms with Crippen LogP contribution in [0.2, 0.25) is 0 Å². The first-order chi connectivity index (χ1) is 12.2. The molecule has 26 heavy (non-hydrogen) atoms. The lowest BCUT2D eigenvalue weighted by molar-refractivity contribution is -0.118. The van der Waals surface area contributed by atoms with Crippen LogP contribution in [-0.4, -0.2) is 28.0 Å². The zero-order chi connectivity index (χ0) is 17.6. The van der Waals surface area contributed by atoms with E-state index >= 15 is 0 Å². The summed E-state index contributed by atoms with van der Waals surface area (Å²) >= 11 is 1.05. The van der Waals surface area contributed by atoms with Gasteiger partial charge in [-0.1, -0.05) is 36.9 Å². The quantitative estimate of drug-likeness (QED) is 0.779. The fraction of sp³-hybridized carbons (Fsp3) is 0.316. The molecule has 0 bridgehead atoms. The van der Waals surface area contributed by atoms with Crippen LogP contribution in [0.15, 0.2) is 42.6 Å². The van der Waals surface area contributed by atoms with Gasteiger partial charge >= 0.3 is 0 Å². The third-order valence-corrected chi connectivity index (χ3v) is 5.07. The van der Waals surface area contributed by atoms with E-state index in [0.717, 1.165) is 41.6 Å². The van der Waals surface area contributed by atoms with E-state index in [9.17, 15) is 9.59 Å². The van der Waals surface area contributed by atoms with Gasteiger partial charge in [-0.3, -0.25) is 19.9 Å². The lowest BCUT2D eigenvalue weighted by atomic mass is 10.1. The molecule has 1 aliphatic heterocycles. The molecular weight excluding hydrogens is 372 g/mol. The highest BCUT2D eigenvalue weighted by Gasteiger charge is 2.31. The number of imide groups is 1. The highest BCUT2D eigenvalue weighted by Crippen LogP contribution is 2.24. The van der Waals surface area contributed by atoms with Gasteiger partial charge in [-0.05, 0) is 42.2 Å². The van der Waals surface area contributed by atoms with Crippen molar-refractivity contribution in [2.75, 3.05) is 6.61 Å². The summed E-state index contributed by atoms with van der Waals surface area (Å²) in [5.41, 5.74) is 3.34.